The van der Waals surface area contributed by atoms with E-state index >= 15 is 0 Å². The van der Waals surface area contributed by atoms with Crippen LogP contribution in [-0.2, 0) is 19.1 Å². The van der Waals surface area contributed by atoms with E-state index in [2.05, 4.69) is 22.6 Å². The van der Waals surface area contributed by atoms with Crippen LogP contribution in [0, 0.1) is 0 Å². The SMILES string of the molecule is C=C(O)C(=O)OCC.C=CC(=O)OC. The lowest BCUT2D eigenvalue weighted by molar-refractivity contribution is -0.141. The maximum atomic E-state index is 10.2. The third-order valence-electron chi connectivity index (χ3n) is 0.879. The van der Waals surface area contributed by atoms with Gasteiger partial charge in [0, 0.05) is 6.08 Å². The van der Waals surface area contributed by atoms with Crippen LogP contribution in [0.5, 0.6) is 0 Å². The van der Waals surface area contributed by atoms with Crippen molar-refractivity contribution in [2.45, 2.75) is 6.92 Å². The maximum absolute atomic E-state index is 10.2. The van der Waals surface area contributed by atoms with Gasteiger partial charge in [0.25, 0.3) is 0 Å². The summed E-state index contributed by atoms with van der Waals surface area (Å²) in [7, 11) is 1.31. The van der Waals surface area contributed by atoms with E-state index < -0.39 is 17.7 Å². The van der Waals surface area contributed by atoms with E-state index in [1.165, 1.54) is 7.11 Å². The highest BCUT2D eigenvalue weighted by Crippen LogP contribution is 1.85. The van der Waals surface area contributed by atoms with Crippen LogP contribution in [-0.4, -0.2) is 30.8 Å². The van der Waals surface area contributed by atoms with Crippen molar-refractivity contribution in [3.63, 3.8) is 0 Å². The van der Waals surface area contributed by atoms with Crippen molar-refractivity contribution in [1.29, 1.82) is 0 Å². The number of esters is 2. The zero-order chi connectivity index (χ0) is 11.6. The Hall–Kier alpha value is -1.78. The lowest BCUT2D eigenvalue weighted by atomic mass is 10.6. The highest BCUT2D eigenvalue weighted by Gasteiger charge is 2.01. The van der Waals surface area contributed by atoms with Crippen molar-refractivity contribution >= 4 is 11.9 Å². The molecular weight excluding hydrogens is 188 g/mol. The van der Waals surface area contributed by atoms with Crippen LogP contribution in [0.3, 0.4) is 0 Å². The minimum atomic E-state index is -0.757. The van der Waals surface area contributed by atoms with E-state index in [1.54, 1.807) is 6.92 Å². The van der Waals surface area contributed by atoms with Gasteiger partial charge in [0.15, 0.2) is 5.76 Å². The predicted octanol–water partition coefficient (Wildman–Crippen LogP) is 0.967. The Kier molecular flexibility index (Phi) is 9.79. The zero-order valence-corrected chi connectivity index (χ0v) is 8.28. The van der Waals surface area contributed by atoms with E-state index in [-0.39, 0.29) is 6.61 Å². The molecule has 0 radical (unpaired) electrons. The van der Waals surface area contributed by atoms with Crippen molar-refractivity contribution < 1.29 is 24.2 Å². The number of rotatable bonds is 3. The van der Waals surface area contributed by atoms with Gasteiger partial charge in [0.1, 0.15) is 0 Å². The highest BCUT2D eigenvalue weighted by atomic mass is 16.5. The molecule has 0 unspecified atom stereocenters. The van der Waals surface area contributed by atoms with Crippen molar-refractivity contribution in [3.8, 4) is 0 Å². The van der Waals surface area contributed by atoms with Crippen molar-refractivity contribution in [3.05, 3.63) is 25.0 Å². The third kappa shape index (κ3) is 10.2. The van der Waals surface area contributed by atoms with Gasteiger partial charge in [0.2, 0.25) is 0 Å². The van der Waals surface area contributed by atoms with Gasteiger partial charge in [-0.2, -0.15) is 0 Å². The Balaban J connectivity index is 0. The molecule has 1 N–H and O–H groups in total. The Morgan fingerprint density at radius 2 is 2.00 bits per heavy atom. The Morgan fingerprint density at radius 1 is 1.50 bits per heavy atom. The van der Waals surface area contributed by atoms with Gasteiger partial charge >= 0.3 is 11.9 Å². The summed E-state index contributed by atoms with van der Waals surface area (Å²) < 4.78 is 8.46. The van der Waals surface area contributed by atoms with Crippen molar-refractivity contribution in [2.75, 3.05) is 13.7 Å². The van der Waals surface area contributed by atoms with E-state index in [9.17, 15) is 9.59 Å². The molecule has 0 aromatic carbocycles. The summed E-state index contributed by atoms with van der Waals surface area (Å²) in [6.45, 7) is 8.03. The van der Waals surface area contributed by atoms with Gasteiger partial charge < -0.3 is 14.6 Å². The van der Waals surface area contributed by atoms with Gasteiger partial charge in [-0.3, -0.25) is 0 Å². The number of carbonyl (C=O) groups excluding carboxylic acids is 2. The summed E-state index contributed by atoms with van der Waals surface area (Å²) in [4.78, 5) is 20.0. The lowest BCUT2D eigenvalue weighted by Crippen LogP contribution is -2.05. The summed E-state index contributed by atoms with van der Waals surface area (Å²) in [6, 6.07) is 0. The molecule has 0 heterocycles. The molecule has 0 aromatic heterocycles. The normalized spacial score (nSPS) is 7.57. The summed E-state index contributed by atoms with van der Waals surface area (Å²) in [5.41, 5.74) is 0. The Labute approximate surface area is 82.6 Å². The molecule has 0 spiro atoms. The molecule has 0 aromatic rings. The molecule has 0 aliphatic rings. The molecule has 0 aliphatic heterocycles. The molecule has 14 heavy (non-hydrogen) atoms. The minimum absolute atomic E-state index is 0.262. The molecular formula is C9H14O5. The molecule has 0 aliphatic carbocycles. The number of aliphatic hydroxyl groups excluding tert-OH is 1. The first-order chi connectivity index (χ1) is 6.49. The lowest BCUT2D eigenvalue weighted by Gasteiger charge is -1.95. The number of aliphatic hydroxyl groups is 1. The topological polar surface area (TPSA) is 72.8 Å². The molecule has 0 atom stereocenters. The molecule has 5 nitrogen and oxygen atoms in total. The molecule has 5 heteroatoms. The van der Waals surface area contributed by atoms with E-state index in [4.69, 9.17) is 5.11 Å². The molecule has 0 saturated heterocycles. The van der Waals surface area contributed by atoms with Crippen LogP contribution in [0.25, 0.3) is 0 Å². The van der Waals surface area contributed by atoms with Gasteiger partial charge in [-0.15, -0.1) is 0 Å². The molecule has 0 saturated carbocycles. The number of ether oxygens (including phenoxy) is 2. The molecule has 0 fully saturated rings. The van der Waals surface area contributed by atoms with Gasteiger partial charge in [0.05, 0.1) is 13.7 Å². The first-order valence-electron chi connectivity index (χ1n) is 3.74. The fourth-order valence-electron chi connectivity index (χ4n) is 0.298. The molecule has 80 valence electrons. The maximum Gasteiger partial charge on any atom is 0.372 e. The van der Waals surface area contributed by atoms with Gasteiger partial charge in [-0.05, 0) is 13.5 Å². The second-order valence-electron chi connectivity index (χ2n) is 1.89. The monoisotopic (exact) mass is 202 g/mol. The highest BCUT2D eigenvalue weighted by molar-refractivity contribution is 5.84. The van der Waals surface area contributed by atoms with Gasteiger partial charge in [-0.25, -0.2) is 9.59 Å². The van der Waals surface area contributed by atoms with E-state index in [1.807, 2.05) is 0 Å². The summed E-state index contributed by atoms with van der Waals surface area (Å²) in [5, 5.41) is 8.28. The van der Waals surface area contributed by atoms with Crippen LogP contribution < -0.4 is 0 Å². The van der Waals surface area contributed by atoms with E-state index in [0.29, 0.717) is 0 Å². The summed E-state index contributed by atoms with van der Waals surface area (Å²) in [5.74, 6) is -1.70. The standard InChI is InChI=1S/C5H8O3.C4H6O2/c1-3-8-5(7)4(2)6;1-3-4(5)6-2/h6H,2-3H2,1H3;3H,1H2,2H3. The minimum Gasteiger partial charge on any atom is -0.502 e. The Morgan fingerprint density at radius 3 is 2.07 bits per heavy atom. The zero-order valence-electron chi connectivity index (χ0n) is 8.28. The average molecular weight is 202 g/mol. The first kappa shape index (κ1) is 14.7. The number of carbonyl (C=O) groups is 2. The van der Waals surface area contributed by atoms with Gasteiger partial charge in [-0.1, -0.05) is 6.58 Å². The van der Waals surface area contributed by atoms with Crippen LogP contribution in [0.1, 0.15) is 6.92 Å². The molecule has 0 rings (SSSR count). The summed E-state index contributed by atoms with van der Waals surface area (Å²) in [6.07, 6.45) is 1.11. The van der Waals surface area contributed by atoms with Crippen LogP contribution in [0.2, 0.25) is 0 Å². The second-order valence-corrected chi connectivity index (χ2v) is 1.89. The average Bonchev–Trinajstić information content (AvgIpc) is 2.18. The van der Waals surface area contributed by atoms with Crippen LogP contribution in [0.15, 0.2) is 25.0 Å². The number of methoxy groups -OCH3 is 1. The quantitative estimate of drug-likeness (QED) is 0.419. The predicted molar refractivity (Wildman–Crippen MR) is 50.6 cm³/mol. The first-order valence-corrected chi connectivity index (χ1v) is 3.74. The van der Waals surface area contributed by atoms with Crippen LogP contribution in [0.4, 0.5) is 0 Å². The molecule has 0 bridgehead atoms. The number of hydrogen-bond acceptors (Lipinski definition) is 5. The van der Waals surface area contributed by atoms with E-state index in [0.717, 1.165) is 6.08 Å². The van der Waals surface area contributed by atoms with Crippen molar-refractivity contribution in [2.24, 2.45) is 0 Å². The second kappa shape index (κ2) is 9.31. The van der Waals surface area contributed by atoms with Crippen LogP contribution >= 0.6 is 0 Å². The molecule has 0 amide bonds. The Bertz CT molecular complexity index is 219. The fourth-order valence-corrected chi connectivity index (χ4v) is 0.298. The number of hydrogen-bond donors (Lipinski definition) is 1. The van der Waals surface area contributed by atoms with Crippen molar-refractivity contribution in [1.82, 2.24) is 0 Å². The third-order valence-corrected chi connectivity index (χ3v) is 0.879. The summed E-state index contributed by atoms with van der Waals surface area (Å²) >= 11 is 0. The smallest absolute Gasteiger partial charge is 0.372 e. The largest absolute Gasteiger partial charge is 0.502 e. The fraction of sp³-hybridized carbons (Fsp3) is 0.333.